The highest BCUT2D eigenvalue weighted by atomic mass is 35.5. The van der Waals surface area contributed by atoms with Gasteiger partial charge in [0.1, 0.15) is 5.01 Å². The van der Waals surface area contributed by atoms with Crippen LogP contribution in [0.25, 0.3) is 20.8 Å². The van der Waals surface area contributed by atoms with Crippen molar-refractivity contribution in [2.24, 2.45) is 0 Å². The van der Waals surface area contributed by atoms with Gasteiger partial charge in [0.2, 0.25) is 0 Å². The number of nitrogens with two attached hydrogens (primary N) is 1. The summed E-state index contributed by atoms with van der Waals surface area (Å²) in [6.45, 7) is 4.18. The van der Waals surface area contributed by atoms with Crippen molar-refractivity contribution in [2.45, 2.75) is 13.8 Å². The maximum absolute atomic E-state index is 6.24. The Hall–Kier alpha value is -1.58. The van der Waals surface area contributed by atoms with Crippen molar-refractivity contribution in [1.29, 1.82) is 0 Å². The van der Waals surface area contributed by atoms with E-state index in [4.69, 9.17) is 22.3 Å². The maximum atomic E-state index is 6.24. The summed E-state index contributed by atoms with van der Waals surface area (Å²) in [4.78, 5) is 4.70. The molecule has 0 amide bonds. The second kappa shape index (κ2) is 4.51. The van der Waals surface area contributed by atoms with Crippen LogP contribution in [0.15, 0.2) is 30.3 Å². The van der Waals surface area contributed by atoms with E-state index in [0.717, 1.165) is 16.1 Å². The van der Waals surface area contributed by atoms with Crippen LogP contribution < -0.4 is 5.73 Å². The normalized spacial score (nSPS) is 11.1. The van der Waals surface area contributed by atoms with Gasteiger partial charge in [0, 0.05) is 11.3 Å². The largest absolute Gasteiger partial charge is 0.399 e. The van der Waals surface area contributed by atoms with Crippen molar-refractivity contribution in [3.63, 3.8) is 0 Å². The van der Waals surface area contributed by atoms with Crippen molar-refractivity contribution < 1.29 is 0 Å². The summed E-state index contributed by atoms with van der Waals surface area (Å²) in [7, 11) is 0. The number of aryl methyl sites for hydroxylation is 2. The summed E-state index contributed by atoms with van der Waals surface area (Å²) < 4.78 is 1.19. The molecule has 2 aromatic carbocycles. The van der Waals surface area contributed by atoms with Crippen LogP contribution in [-0.2, 0) is 0 Å². The maximum Gasteiger partial charge on any atom is 0.126 e. The predicted molar refractivity (Wildman–Crippen MR) is 84.0 cm³/mol. The van der Waals surface area contributed by atoms with Crippen LogP contribution in [-0.4, -0.2) is 4.98 Å². The Morgan fingerprint density at radius 2 is 1.95 bits per heavy atom. The van der Waals surface area contributed by atoms with E-state index < -0.39 is 0 Å². The number of aromatic nitrogens is 1. The Balaban J connectivity index is 2.26. The van der Waals surface area contributed by atoms with Crippen molar-refractivity contribution in [2.75, 3.05) is 5.73 Å². The molecule has 0 spiro atoms. The van der Waals surface area contributed by atoms with E-state index in [9.17, 15) is 0 Å². The van der Waals surface area contributed by atoms with Crippen molar-refractivity contribution in [1.82, 2.24) is 4.98 Å². The Labute approximate surface area is 120 Å². The zero-order valence-corrected chi connectivity index (χ0v) is 12.3. The molecule has 0 saturated heterocycles. The third-order valence-electron chi connectivity index (χ3n) is 3.05. The standard InChI is InChI=1S/C15H13ClN2S/c1-8-5-9(2)14-13(6-8)19-15(18-14)11-7-10(17)3-4-12(11)16/h3-7H,17H2,1-2H3. The number of rotatable bonds is 1. The minimum atomic E-state index is 0.683. The summed E-state index contributed by atoms with van der Waals surface area (Å²) in [5, 5.41) is 1.60. The summed E-state index contributed by atoms with van der Waals surface area (Å²) in [6.07, 6.45) is 0. The minimum absolute atomic E-state index is 0.683. The average molecular weight is 289 g/mol. The fourth-order valence-corrected chi connectivity index (χ4v) is 3.63. The summed E-state index contributed by atoms with van der Waals surface area (Å²) in [5.74, 6) is 0. The molecule has 1 aromatic heterocycles. The first-order valence-corrected chi connectivity index (χ1v) is 7.17. The molecule has 0 radical (unpaired) electrons. The number of hydrogen-bond acceptors (Lipinski definition) is 3. The van der Waals surface area contributed by atoms with Gasteiger partial charge in [-0.1, -0.05) is 17.7 Å². The predicted octanol–water partition coefficient (Wildman–Crippen LogP) is 4.82. The molecular weight excluding hydrogens is 276 g/mol. The van der Waals surface area contributed by atoms with E-state index in [0.29, 0.717) is 10.7 Å². The molecule has 0 unspecified atom stereocenters. The molecule has 0 aliphatic rings. The van der Waals surface area contributed by atoms with Crippen molar-refractivity contribution >= 4 is 38.8 Å². The Bertz CT molecular complexity index is 777. The smallest absolute Gasteiger partial charge is 0.126 e. The summed E-state index contributed by atoms with van der Waals surface area (Å²) in [6, 6.07) is 9.80. The van der Waals surface area contributed by atoms with Gasteiger partial charge in [-0.15, -0.1) is 11.3 Å². The van der Waals surface area contributed by atoms with E-state index in [1.807, 2.05) is 12.1 Å². The van der Waals surface area contributed by atoms with Crippen LogP contribution in [0, 0.1) is 13.8 Å². The van der Waals surface area contributed by atoms with Crippen LogP contribution in [0.5, 0.6) is 0 Å². The molecule has 2 N–H and O–H groups in total. The van der Waals surface area contributed by atoms with Gasteiger partial charge in [-0.05, 0) is 49.2 Å². The number of nitrogens with zero attached hydrogens (tertiary/aromatic N) is 1. The molecule has 1 heterocycles. The first kappa shape index (κ1) is 12.5. The van der Waals surface area contributed by atoms with Gasteiger partial charge >= 0.3 is 0 Å². The highest BCUT2D eigenvalue weighted by molar-refractivity contribution is 7.21. The zero-order chi connectivity index (χ0) is 13.6. The monoisotopic (exact) mass is 288 g/mol. The molecular formula is C15H13ClN2S. The third kappa shape index (κ3) is 2.20. The van der Waals surface area contributed by atoms with E-state index in [1.165, 1.54) is 15.8 Å². The van der Waals surface area contributed by atoms with Gasteiger partial charge in [-0.25, -0.2) is 4.98 Å². The SMILES string of the molecule is Cc1cc(C)c2nc(-c3cc(N)ccc3Cl)sc2c1. The lowest BCUT2D eigenvalue weighted by atomic mass is 10.1. The number of fused-ring (bicyclic) bond motifs is 1. The van der Waals surface area contributed by atoms with Crippen LogP contribution in [0.1, 0.15) is 11.1 Å². The van der Waals surface area contributed by atoms with Gasteiger partial charge in [0.15, 0.2) is 0 Å². The van der Waals surface area contributed by atoms with Gasteiger partial charge in [-0.2, -0.15) is 0 Å². The molecule has 19 heavy (non-hydrogen) atoms. The molecule has 2 nitrogen and oxygen atoms in total. The quantitative estimate of drug-likeness (QED) is 0.652. The number of nitrogen functional groups attached to an aromatic ring is 1. The second-order valence-electron chi connectivity index (χ2n) is 4.69. The van der Waals surface area contributed by atoms with E-state index in [2.05, 4.69) is 26.0 Å². The van der Waals surface area contributed by atoms with Crippen molar-refractivity contribution in [3.8, 4) is 10.6 Å². The molecule has 0 aliphatic heterocycles. The number of thiazole rings is 1. The molecule has 96 valence electrons. The molecule has 3 aromatic rings. The van der Waals surface area contributed by atoms with E-state index >= 15 is 0 Å². The fraction of sp³-hybridized carbons (Fsp3) is 0.133. The van der Waals surface area contributed by atoms with Gasteiger partial charge < -0.3 is 5.73 Å². The van der Waals surface area contributed by atoms with Gasteiger partial charge in [-0.3, -0.25) is 0 Å². The Morgan fingerprint density at radius 3 is 2.74 bits per heavy atom. The number of hydrogen-bond donors (Lipinski definition) is 1. The average Bonchev–Trinajstić information content (AvgIpc) is 2.76. The van der Waals surface area contributed by atoms with Crippen LogP contribution in [0.4, 0.5) is 5.69 Å². The lowest BCUT2D eigenvalue weighted by Crippen LogP contribution is -1.86. The zero-order valence-electron chi connectivity index (χ0n) is 10.7. The highest BCUT2D eigenvalue weighted by Crippen LogP contribution is 2.36. The number of anilines is 1. The van der Waals surface area contributed by atoms with E-state index in [1.54, 1.807) is 17.4 Å². The number of benzene rings is 2. The molecule has 0 saturated carbocycles. The van der Waals surface area contributed by atoms with Crippen LogP contribution >= 0.6 is 22.9 Å². The van der Waals surface area contributed by atoms with Crippen molar-refractivity contribution in [3.05, 3.63) is 46.5 Å². The van der Waals surface area contributed by atoms with E-state index in [-0.39, 0.29) is 0 Å². The minimum Gasteiger partial charge on any atom is -0.399 e. The van der Waals surface area contributed by atoms with Gasteiger partial charge in [0.05, 0.1) is 15.2 Å². The molecule has 0 fully saturated rings. The molecule has 0 atom stereocenters. The van der Waals surface area contributed by atoms with Gasteiger partial charge in [0.25, 0.3) is 0 Å². The highest BCUT2D eigenvalue weighted by Gasteiger charge is 2.11. The third-order valence-corrected chi connectivity index (χ3v) is 4.42. The Morgan fingerprint density at radius 1 is 1.16 bits per heavy atom. The number of halogens is 1. The Kier molecular flexibility index (Phi) is 2.96. The summed E-state index contributed by atoms with van der Waals surface area (Å²) >= 11 is 7.89. The molecule has 3 rings (SSSR count). The summed E-state index contributed by atoms with van der Waals surface area (Å²) in [5.41, 5.74) is 10.9. The topological polar surface area (TPSA) is 38.9 Å². The molecule has 0 aliphatic carbocycles. The van der Waals surface area contributed by atoms with Crippen LogP contribution in [0.3, 0.4) is 0 Å². The first-order chi connectivity index (χ1) is 9.04. The van der Waals surface area contributed by atoms with Crippen LogP contribution in [0.2, 0.25) is 5.02 Å². The fourth-order valence-electron chi connectivity index (χ4n) is 2.19. The first-order valence-electron chi connectivity index (χ1n) is 5.98. The molecule has 4 heteroatoms. The molecule has 0 bridgehead atoms. The second-order valence-corrected chi connectivity index (χ2v) is 6.12. The lowest BCUT2D eigenvalue weighted by Gasteiger charge is -2.01. The lowest BCUT2D eigenvalue weighted by molar-refractivity contribution is 1.38.